The molecular weight excluding hydrogens is 260 g/mol. The molecule has 1 unspecified atom stereocenters. The zero-order valence-electron chi connectivity index (χ0n) is 11.8. The summed E-state index contributed by atoms with van der Waals surface area (Å²) in [6, 6.07) is 2.88. The zero-order valence-corrected chi connectivity index (χ0v) is 11.8. The van der Waals surface area contributed by atoms with Crippen molar-refractivity contribution in [2.24, 2.45) is 0 Å². The first-order valence-corrected chi connectivity index (χ1v) is 6.80. The average Bonchev–Trinajstić information content (AvgIpc) is 2.84. The van der Waals surface area contributed by atoms with Gasteiger partial charge in [-0.1, -0.05) is 0 Å². The third-order valence-electron chi connectivity index (χ3n) is 3.32. The van der Waals surface area contributed by atoms with E-state index in [-0.39, 0.29) is 11.3 Å². The molecule has 0 aliphatic carbocycles. The van der Waals surface area contributed by atoms with Gasteiger partial charge in [0.1, 0.15) is 11.6 Å². The Morgan fingerprint density at radius 2 is 2.15 bits per heavy atom. The molecule has 110 valence electrons. The highest BCUT2D eigenvalue weighted by Crippen LogP contribution is 2.26. The Kier molecular flexibility index (Phi) is 4.39. The van der Waals surface area contributed by atoms with Gasteiger partial charge in [-0.25, -0.2) is 4.98 Å². The molecule has 1 fully saturated rings. The Morgan fingerprint density at radius 1 is 1.45 bits per heavy atom. The third-order valence-corrected chi connectivity index (χ3v) is 3.32. The highest BCUT2D eigenvalue weighted by molar-refractivity contribution is 5.54. The van der Waals surface area contributed by atoms with E-state index in [0.717, 1.165) is 19.4 Å². The first kappa shape index (κ1) is 14.5. The van der Waals surface area contributed by atoms with Gasteiger partial charge in [-0.3, -0.25) is 10.1 Å². The van der Waals surface area contributed by atoms with E-state index >= 15 is 0 Å². The summed E-state index contributed by atoms with van der Waals surface area (Å²) in [4.78, 5) is 14.8. The lowest BCUT2D eigenvalue weighted by Gasteiger charge is -2.23. The molecule has 1 aliphatic rings. The molecule has 1 aliphatic heterocycles. The Balaban J connectivity index is 2.11. The molecule has 1 saturated heterocycles. The van der Waals surface area contributed by atoms with Crippen LogP contribution in [0, 0.1) is 10.1 Å². The Bertz CT molecular complexity index is 487. The summed E-state index contributed by atoms with van der Waals surface area (Å²) in [7, 11) is 0. The van der Waals surface area contributed by atoms with Crippen molar-refractivity contribution in [1.82, 2.24) is 4.98 Å². The fourth-order valence-electron chi connectivity index (χ4n) is 2.24. The predicted molar refractivity (Wildman–Crippen MR) is 77.1 cm³/mol. The van der Waals surface area contributed by atoms with Crippen molar-refractivity contribution in [3.8, 4) is 0 Å². The van der Waals surface area contributed by atoms with Gasteiger partial charge in [-0.05, 0) is 26.7 Å². The van der Waals surface area contributed by atoms with Gasteiger partial charge >= 0.3 is 0 Å². The SMILES string of the molecule is CCNc1cc([N+](=O)[O-])cc(NCC2(C)CCCO2)n1. The molecule has 0 spiro atoms. The van der Waals surface area contributed by atoms with Crippen molar-refractivity contribution >= 4 is 17.3 Å². The Morgan fingerprint density at radius 3 is 2.70 bits per heavy atom. The number of aromatic nitrogens is 1. The molecule has 1 atom stereocenters. The quantitative estimate of drug-likeness (QED) is 0.614. The largest absolute Gasteiger partial charge is 0.373 e. The van der Waals surface area contributed by atoms with Gasteiger partial charge in [-0.2, -0.15) is 0 Å². The van der Waals surface area contributed by atoms with Crippen molar-refractivity contribution in [3.05, 3.63) is 22.2 Å². The van der Waals surface area contributed by atoms with Gasteiger partial charge in [0, 0.05) is 19.7 Å². The van der Waals surface area contributed by atoms with Crippen LogP contribution in [0.3, 0.4) is 0 Å². The molecular formula is C13H20N4O3. The van der Waals surface area contributed by atoms with Crippen LogP contribution in [0.5, 0.6) is 0 Å². The molecule has 2 N–H and O–H groups in total. The number of hydrogen-bond acceptors (Lipinski definition) is 6. The number of nitrogens with one attached hydrogen (secondary N) is 2. The maximum atomic E-state index is 10.9. The van der Waals surface area contributed by atoms with Crippen LogP contribution in [0.2, 0.25) is 0 Å². The Hall–Kier alpha value is -1.89. The second-order valence-electron chi connectivity index (χ2n) is 5.14. The number of nitrogens with zero attached hydrogens (tertiary/aromatic N) is 2. The van der Waals surface area contributed by atoms with E-state index in [2.05, 4.69) is 15.6 Å². The fourth-order valence-corrected chi connectivity index (χ4v) is 2.24. The molecule has 2 heterocycles. The topological polar surface area (TPSA) is 89.3 Å². The molecule has 0 saturated carbocycles. The third kappa shape index (κ3) is 3.57. The molecule has 0 radical (unpaired) electrons. The van der Waals surface area contributed by atoms with Crippen LogP contribution in [0.1, 0.15) is 26.7 Å². The second kappa shape index (κ2) is 6.04. The lowest BCUT2D eigenvalue weighted by Crippen LogP contribution is -2.32. The maximum absolute atomic E-state index is 10.9. The molecule has 7 heteroatoms. The summed E-state index contributed by atoms with van der Waals surface area (Å²) >= 11 is 0. The molecule has 0 bridgehead atoms. The fraction of sp³-hybridized carbons (Fsp3) is 0.615. The summed E-state index contributed by atoms with van der Waals surface area (Å²) < 4.78 is 5.68. The maximum Gasteiger partial charge on any atom is 0.276 e. The smallest absolute Gasteiger partial charge is 0.276 e. The number of nitro groups is 1. The number of anilines is 2. The molecule has 1 aromatic rings. The lowest BCUT2D eigenvalue weighted by atomic mass is 10.0. The summed E-state index contributed by atoms with van der Waals surface area (Å²) in [6.45, 7) is 5.97. The summed E-state index contributed by atoms with van der Waals surface area (Å²) in [5.41, 5.74) is -0.194. The van der Waals surface area contributed by atoms with Crippen LogP contribution in [0.15, 0.2) is 12.1 Å². The highest BCUT2D eigenvalue weighted by atomic mass is 16.6. The minimum Gasteiger partial charge on any atom is -0.373 e. The second-order valence-corrected chi connectivity index (χ2v) is 5.14. The van der Waals surface area contributed by atoms with E-state index < -0.39 is 4.92 Å². The number of hydrogen-bond donors (Lipinski definition) is 2. The van der Waals surface area contributed by atoms with E-state index in [4.69, 9.17) is 4.74 Å². The molecule has 2 rings (SSSR count). The van der Waals surface area contributed by atoms with Crippen molar-refractivity contribution in [2.75, 3.05) is 30.3 Å². The molecule has 1 aromatic heterocycles. The van der Waals surface area contributed by atoms with Gasteiger partial charge in [0.2, 0.25) is 0 Å². The lowest BCUT2D eigenvalue weighted by molar-refractivity contribution is -0.384. The van der Waals surface area contributed by atoms with Gasteiger partial charge < -0.3 is 15.4 Å². The van der Waals surface area contributed by atoms with E-state index in [1.165, 1.54) is 12.1 Å². The van der Waals surface area contributed by atoms with Crippen molar-refractivity contribution in [3.63, 3.8) is 0 Å². The summed E-state index contributed by atoms with van der Waals surface area (Å²) in [5.74, 6) is 0.994. The monoisotopic (exact) mass is 280 g/mol. The van der Waals surface area contributed by atoms with E-state index in [1.54, 1.807) is 0 Å². The molecule has 20 heavy (non-hydrogen) atoms. The number of rotatable bonds is 6. The first-order chi connectivity index (χ1) is 9.52. The van der Waals surface area contributed by atoms with Gasteiger partial charge in [0.05, 0.1) is 22.7 Å². The van der Waals surface area contributed by atoms with Gasteiger partial charge in [-0.15, -0.1) is 0 Å². The Labute approximate surface area is 117 Å². The molecule has 0 aromatic carbocycles. The van der Waals surface area contributed by atoms with Crippen LogP contribution >= 0.6 is 0 Å². The van der Waals surface area contributed by atoms with Crippen LogP contribution in [0.4, 0.5) is 17.3 Å². The van der Waals surface area contributed by atoms with Crippen LogP contribution in [-0.2, 0) is 4.74 Å². The van der Waals surface area contributed by atoms with E-state index in [1.807, 2.05) is 13.8 Å². The predicted octanol–water partition coefficient (Wildman–Crippen LogP) is 2.40. The normalized spacial score (nSPS) is 21.7. The molecule has 0 amide bonds. The summed E-state index contributed by atoms with van der Waals surface area (Å²) in [5, 5.41) is 17.1. The van der Waals surface area contributed by atoms with E-state index in [9.17, 15) is 10.1 Å². The van der Waals surface area contributed by atoms with Crippen LogP contribution < -0.4 is 10.6 Å². The average molecular weight is 280 g/mol. The minimum absolute atomic E-state index is 0.0240. The van der Waals surface area contributed by atoms with E-state index in [0.29, 0.717) is 24.7 Å². The number of ether oxygens (including phenoxy) is 1. The molecule has 7 nitrogen and oxygen atoms in total. The summed E-state index contributed by atoms with van der Waals surface area (Å²) in [6.07, 6.45) is 2.03. The standard InChI is InChI=1S/C13H20N4O3/c1-3-14-11-7-10(17(18)19)8-12(16-11)15-9-13(2)5-4-6-20-13/h7-8H,3-6,9H2,1-2H3,(H2,14,15,16). The zero-order chi connectivity index (χ0) is 14.6. The first-order valence-electron chi connectivity index (χ1n) is 6.80. The minimum atomic E-state index is -0.415. The highest BCUT2D eigenvalue weighted by Gasteiger charge is 2.29. The van der Waals surface area contributed by atoms with Crippen molar-refractivity contribution in [2.45, 2.75) is 32.3 Å². The van der Waals surface area contributed by atoms with Crippen LogP contribution in [-0.4, -0.2) is 35.2 Å². The van der Waals surface area contributed by atoms with Crippen molar-refractivity contribution in [1.29, 1.82) is 0 Å². The van der Waals surface area contributed by atoms with Gasteiger partial charge in [0.15, 0.2) is 0 Å². The van der Waals surface area contributed by atoms with Crippen molar-refractivity contribution < 1.29 is 9.66 Å². The van der Waals surface area contributed by atoms with Gasteiger partial charge in [0.25, 0.3) is 5.69 Å². The van der Waals surface area contributed by atoms with Crippen LogP contribution in [0.25, 0.3) is 0 Å². The number of pyridine rings is 1.